The minimum absolute atomic E-state index is 0.0773. The van der Waals surface area contributed by atoms with Crippen molar-refractivity contribution in [2.24, 2.45) is 0 Å². The van der Waals surface area contributed by atoms with E-state index in [1.807, 2.05) is 54.3 Å². The molecule has 1 aromatic carbocycles. The van der Waals surface area contributed by atoms with Gasteiger partial charge in [0.25, 0.3) is 5.91 Å². The molecule has 0 atom stereocenters. The molecule has 0 aliphatic carbocycles. The second-order valence-corrected chi connectivity index (χ2v) is 5.79. The maximum atomic E-state index is 12.8. The third-order valence-electron chi connectivity index (χ3n) is 3.80. The number of hydrogen-bond acceptors (Lipinski definition) is 3. The lowest BCUT2D eigenvalue weighted by atomic mass is 10.2. The number of benzene rings is 1. The molecule has 2 heterocycles. The normalized spacial score (nSPS) is 10.8. The summed E-state index contributed by atoms with van der Waals surface area (Å²) in [4.78, 5) is 14.6. The summed E-state index contributed by atoms with van der Waals surface area (Å²) in [5.74, 6) is 1.43. The van der Waals surface area contributed by atoms with Crippen LogP contribution < -0.4 is 0 Å². The minimum Gasteiger partial charge on any atom is -0.460 e. The van der Waals surface area contributed by atoms with Crippen molar-refractivity contribution in [1.82, 2.24) is 15.1 Å². The lowest BCUT2D eigenvalue weighted by molar-refractivity contribution is 0.0737. The highest BCUT2D eigenvalue weighted by molar-refractivity contribution is 5.93. The third kappa shape index (κ3) is 3.56. The summed E-state index contributed by atoms with van der Waals surface area (Å²) in [6.45, 7) is 5.22. The molecule has 0 aliphatic heterocycles. The molecular weight excluding hydrogens is 302 g/mol. The van der Waals surface area contributed by atoms with Crippen LogP contribution in [0.5, 0.6) is 0 Å². The van der Waals surface area contributed by atoms with Gasteiger partial charge in [-0.05, 0) is 31.0 Å². The minimum atomic E-state index is -0.0773. The fourth-order valence-electron chi connectivity index (χ4n) is 2.62. The Bertz CT molecular complexity index is 805. The molecule has 5 heteroatoms. The quantitative estimate of drug-likeness (QED) is 0.745. The number of aryl methyl sites for hydroxylation is 1. The summed E-state index contributed by atoms with van der Waals surface area (Å²) in [5, 5.41) is 7.06. The first-order valence-electron chi connectivity index (χ1n) is 8.13. The highest BCUT2D eigenvalue weighted by Gasteiger charge is 2.19. The molecule has 0 bridgehead atoms. The summed E-state index contributed by atoms with van der Waals surface area (Å²) in [6, 6.07) is 15.5. The Morgan fingerprint density at radius 1 is 1.21 bits per heavy atom. The van der Waals surface area contributed by atoms with Gasteiger partial charge in [0.15, 0.2) is 11.5 Å². The zero-order valence-electron chi connectivity index (χ0n) is 14.0. The van der Waals surface area contributed by atoms with Crippen molar-refractivity contribution in [3.63, 3.8) is 0 Å². The number of carbonyl (C=O) groups excluding carboxylic acids is 1. The van der Waals surface area contributed by atoms with Gasteiger partial charge in [-0.3, -0.25) is 9.89 Å². The zero-order chi connectivity index (χ0) is 16.9. The Morgan fingerprint density at radius 2 is 2.00 bits per heavy atom. The number of nitrogens with zero attached hydrogens (tertiary/aromatic N) is 2. The van der Waals surface area contributed by atoms with Crippen LogP contribution in [0.4, 0.5) is 0 Å². The van der Waals surface area contributed by atoms with Gasteiger partial charge < -0.3 is 9.32 Å². The molecule has 0 unspecified atom stereocenters. The second kappa shape index (κ2) is 7.17. The fourth-order valence-corrected chi connectivity index (χ4v) is 2.62. The predicted molar refractivity (Wildman–Crippen MR) is 92.5 cm³/mol. The van der Waals surface area contributed by atoms with E-state index < -0.39 is 0 Å². The van der Waals surface area contributed by atoms with Crippen LogP contribution in [0.25, 0.3) is 11.5 Å². The smallest absolute Gasteiger partial charge is 0.274 e. The Hall–Kier alpha value is -2.82. The van der Waals surface area contributed by atoms with E-state index in [2.05, 4.69) is 17.1 Å². The Kier molecular flexibility index (Phi) is 4.79. The van der Waals surface area contributed by atoms with Crippen LogP contribution in [0.15, 0.2) is 52.9 Å². The molecule has 0 saturated carbocycles. The number of furan rings is 1. The van der Waals surface area contributed by atoms with Gasteiger partial charge in [0.2, 0.25) is 0 Å². The highest BCUT2D eigenvalue weighted by Crippen LogP contribution is 2.21. The SMILES string of the molecule is CCCN(Cc1ccccc1)C(=O)c1cc(-c2ccc(C)o2)[nH]n1. The summed E-state index contributed by atoms with van der Waals surface area (Å²) >= 11 is 0. The number of hydrogen-bond donors (Lipinski definition) is 1. The van der Waals surface area contributed by atoms with Crippen molar-refractivity contribution in [3.05, 3.63) is 65.5 Å². The van der Waals surface area contributed by atoms with E-state index in [-0.39, 0.29) is 5.91 Å². The summed E-state index contributed by atoms with van der Waals surface area (Å²) in [5.41, 5.74) is 2.22. The van der Waals surface area contributed by atoms with E-state index in [1.165, 1.54) is 0 Å². The van der Waals surface area contributed by atoms with Crippen LogP contribution in [-0.4, -0.2) is 27.5 Å². The number of aromatic nitrogens is 2. The molecule has 124 valence electrons. The molecule has 5 nitrogen and oxygen atoms in total. The first-order chi connectivity index (χ1) is 11.7. The van der Waals surface area contributed by atoms with E-state index in [4.69, 9.17) is 4.42 Å². The lowest BCUT2D eigenvalue weighted by Crippen LogP contribution is -2.31. The average molecular weight is 323 g/mol. The molecule has 0 spiro atoms. The molecule has 3 rings (SSSR count). The maximum absolute atomic E-state index is 12.8. The molecule has 1 N–H and O–H groups in total. The van der Waals surface area contributed by atoms with Crippen LogP contribution in [-0.2, 0) is 6.54 Å². The van der Waals surface area contributed by atoms with Crippen molar-refractivity contribution in [2.45, 2.75) is 26.8 Å². The summed E-state index contributed by atoms with van der Waals surface area (Å²) in [7, 11) is 0. The van der Waals surface area contributed by atoms with E-state index >= 15 is 0 Å². The van der Waals surface area contributed by atoms with Gasteiger partial charge in [0, 0.05) is 19.2 Å². The number of amides is 1. The van der Waals surface area contributed by atoms with Gasteiger partial charge in [0.05, 0.1) is 0 Å². The molecule has 0 radical (unpaired) electrons. The molecule has 1 amide bonds. The first-order valence-corrected chi connectivity index (χ1v) is 8.13. The van der Waals surface area contributed by atoms with Gasteiger partial charge in [-0.15, -0.1) is 0 Å². The van der Waals surface area contributed by atoms with Crippen molar-refractivity contribution < 1.29 is 9.21 Å². The van der Waals surface area contributed by atoms with Crippen LogP contribution in [0, 0.1) is 6.92 Å². The molecular formula is C19H21N3O2. The Morgan fingerprint density at radius 3 is 2.67 bits per heavy atom. The maximum Gasteiger partial charge on any atom is 0.274 e. The monoisotopic (exact) mass is 323 g/mol. The lowest BCUT2D eigenvalue weighted by Gasteiger charge is -2.21. The van der Waals surface area contributed by atoms with Crippen molar-refractivity contribution in [1.29, 1.82) is 0 Å². The van der Waals surface area contributed by atoms with Gasteiger partial charge in [0.1, 0.15) is 11.5 Å². The van der Waals surface area contributed by atoms with Crippen LogP contribution in [0.3, 0.4) is 0 Å². The Labute approximate surface area is 141 Å². The molecule has 0 saturated heterocycles. The largest absolute Gasteiger partial charge is 0.460 e. The van der Waals surface area contributed by atoms with Crippen molar-refractivity contribution in [2.75, 3.05) is 6.54 Å². The van der Waals surface area contributed by atoms with E-state index in [0.717, 1.165) is 17.7 Å². The summed E-state index contributed by atoms with van der Waals surface area (Å²) < 4.78 is 5.57. The zero-order valence-corrected chi connectivity index (χ0v) is 14.0. The first kappa shape index (κ1) is 16.1. The molecule has 2 aromatic heterocycles. The number of H-pyrrole nitrogens is 1. The predicted octanol–water partition coefficient (Wildman–Crippen LogP) is 4.03. The van der Waals surface area contributed by atoms with Crippen molar-refractivity contribution in [3.8, 4) is 11.5 Å². The van der Waals surface area contributed by atoms with Crippen LogP contribution in [0.2, 0.25) is 0 Å². The number of carbonyl (C=O) groups is 1. The van der Waals surface area contributed by atoms with Gasteiger partial charge >= 0.3 is 0 Å². The second-order valence-electron chi connectivity index (χ2n) is 5.79. The number of nitrogens with one attached hydrogen (secondary N) is 1. The number of aromatic amines is 1. The van der Waals surface area contributed by atoms with Crippen LogP contribution >= 0.6 is 0 Å². The van der Waals surface area contributed by atoms with E-state index in [1.54, 1.807) is 6.07 Å². The van der Waals surface area contributed by atoms with Crippen molar-refractivity contribution >= 4 is 5.91 Å². The Balaban J connectivity index is 1.79. The fraction of sp³-hybridized carbons (Fsp3) is 0.263. The molecule has 0 aliphatic rings. The van der Waals surface area contributed by atoms with Crippen LogP contribution in [0.1, 0.15) is 35.2 Å². The third-order valence-corrected chi connectivity index (χ3v) is 3.80. The van der Waals surface area contributed by atoms with E-state index in [9.17, 15) is 4.79 Å². The molecule has 3 aromatic rings. The van der Waals surface area contributed by atoms with E-state index in [0.29, 0.717) is 30.2 Å². The molecule has 0 fully saturated rings. The standard InChI is InChI=1S/C19H21N3O2/c1-3-11-22(13-15-7-5-4-6-8-15)19(23)17-12-16(20-21-17)18-10-9-14(2)24-18/h4-10,12H,3,11,13H2,1-2H3,(H,20,21). The van der Waals surface area contributed by atoms with Gasteiger partial charge in [-0.25, -0.2) is 0 Å². The molecule has 24 heavy (non-hydrogen) atoms. The van der Waals surface area contributed by atoms with Gasteiger partial charge in [-0.2, -0.15) is 5.10 Å². The number of rotatable bonds is 6. The topological polar surface area (TPSA) is 62.1 Å². The average Bonchev–Trinajstić information content (AvgIpc) is 3.23. The van der Waals surface area contributed by atoms with Gasteiger partial charge in [-0.1, -0.05) is 37.3 Å². The summed E-state index contributed by atoms with van der Waals surface area (Å²) in [6.07, 6.45) is 0.896. The highest BCUT2D eigenvalue weighted by atomic mass is 16.3.